The number of amides is 1. The van der Waals surface area contributed by atoms with Crippen molar-refractivity contribution in [3.63, 3.8) is 0 Å². The van der Waals surface area contributed by atoms with Crippen LogP contribution in [0.15, 0.2) is 24.3 Å². The van der Waals surface area contributed by atoms with E-state index in [4.69, 9.17) is 5.73 Å². The molecule has 18 heavy (non-hydrogen) atoms. The first-order chi connectivity index (χ1) is 8.65. The number of rotatable bonds is 7. The van der Waals surface area contributed by atoms with Crippen LogP contribution in [0.5, 0.6) is 0 Å². The topological polar surface area (TPSA) is 55.1 Å². The van der Waals surface area contributed by atoms with Crippen molar-refractivity contribution in [2.75, 3.05) is 23.4 Å². The number of nitrogens with one attached hydrogen (secondary N) is 1. The summed E-state index contributed by atoms with van der Waals surface area (Å²) in [7, 11) is 0. The van der Waals surface area contributed by atoms with Crippen LogP contribution in [0.4, 0.5) is 5.69 Å². The van der Waals surface area contributed by atoms with Crippen LogP contribution in [-0.2, 0) is 11.2 Å². The van der Waals surface area contributed by atoms with Crippen LogP contribution in [0.3, 0.4) is 0 Å². The maximum absolute atomic E-state index is 11.7. The van der Waals surface area contributed by atoms with Gasteiger partial charge in [-0.1, -0.05) is 26.0 Å². The van der Waals surface area contributed by atoms with Gasteiger partial charge >= 0.3 is 0 Å². The Morgan fingerprint density at radius 3 is 2.94 bits per heavy atom. The Kier molecular flexibility index (Phi) is 6.83. The Labute approximate surface area is 114 Å². The minimum Gasteiger partial charge on any atom is -0.330 e. The van der Waals surface area contributed by atoms with E-state index < -0.39 is 0 Å². The summed E-state index contributed by atoms with van der Waals surface area (Å²) in [6, 6.07) is 7.97. The molecule has 0 saturated heterocycles. The molecule has 1 atom stereocenters. The third-order valence-corrected chi connectivity index (χ3v) is 3.93. The SMILES string of the molecule is CCc1cccc(NC(=O)CSCC(C)CN)c1. The van der Waals surface area contributed by atoms with Crippen LogP contribution in [0, 0.1) is 5.92 Å². The zero-order valence-electron chi connectivity index (χ0n) is 11.1. The smallest absolute Gasteiger partial charge is 0.234 e. The highest BCUT2D eigenvalue weighted by Gasteiger charge is 2.05. The highest BCUT2D eigenvalue weighted by Crippen LogP contribution is 2.12. The summed E-state index contributed by atoms with van der Waals surface area (Å²) in [5.41, 5.74) is 7.65. The molecule has 0 aliphatic carbocycles. The number of carbonyl (C=O) groups is 1. The molecule has 0 spiro atoms. The second-order valence-corrected chi connectivity index (χ2v) is 5.49. The number of anilines is 1. The third-order valence-electron chi connectivity index (χ3n) is 2.66. The summed E-state index contributed by atoms with van der Waals surface area (Å²) < 4.78 is 0. The van der Waals surface area contributed by atoms with Crippen LogP contribution in [0.2, 0.25) is 0 Å². The third kappa shape index (κ3) is 5.56. The number of hydrogen-bond donors (Lipinski definition) is 2. The van der Waals surface area contributed by atoms with Gasteiger partial charge in [0.1, 0.15) is 0 Å². The lowest BCUT2D eigenvalue weighted by atomic mass is 10.1. The summed E-state index contributed by atoms with van der Waals surface area (Å²) in [5.74, 6) is 1.93. The van der Waals surface area contributed by atoms with E-state index in [2.05, 4.69) is 25.2 Å². The standard InChI is InChI=1S/C14H22N2OS/c1-3-12-5-4-6-13(7-12)16-14(17)10-18-9-11(2)8-15/h4-7,11H,3,8-10,15H2,1-2H3,(H,16,17). The molecule has 0 aromatic heterocycles. The fourth-order valence-electron chi connectivity index (χ4n) is 1.49. The molecule has 1 aromatic rings. The minimum atomic E-state index is 0.0532. The summed E-state index contributed by atoms with van der Waals surface area (Å²) in [5, 5.41) is 2.92. The van der Waals surface area contributed by atoms with Gasteiger partial charge in [0.05, 0.1) is 5.75 Å². The molecule has 0 radical (unpaired) electrons. The molecule has 0 saturated carbocycles. The second-order valence-electron chi connectivity index (χ2n) is 4.46. The average molecular weight is 266 g/mol. The molecule has 0 fully saturated rings. The lowest BCUT2D eigenvalue weighted by molar-refractivity contribution is -0.113. The molecule has 0 heterocycles. The first-order valence-electron chi connectivity index (χ1n) is 6.32. The molecule has 1 unspecified atom stereocenters. The normalized spacial score (nSPS) is 12.2. The highest BCUT2D eigenvalue weighted by atomic mass is 32.2. The van der Waals surface area contributed by atoms with Crippen molar-refractivity contribution in [1.82, 2.24) is 0 Å². The van der Waals surface area contributed by atoms with Crippen LogP contribution in [0.25, 0.3) is 0 Å². The predicted molar refractivity (Wildman–Crippen MR) is 80.0 cm³/mol. The van der Waals surface area contributed by atoms with E-state index in [1.807, 2.05) is 18.2 Å². The molecule has 100 valence electrons. The Morgan fingerprint density at radius 2 is 2.28 bits per heavy atom. The van der Waals surface area contributed by atoms with Gasteiger partial charge in [-0.2, -0.15) is 11.8 Å². The van der Waals surface area contributed by atoms with Crippen molar-refractivity contribution in [2.45, 2.75) is 20.3 Å². The zero-order valence-corrected chi connectivity index (χ0v) is 11.9. The zero-order chi connectivity index (χ0) is 13.4. The lowest BCUT2D eigenvalue weighted by Crippen LogP contribution is -2.17. The summed E-state index contributed by atoms with van der Waals surface area (Å²) >= 11 is 1.63. The van der Waals surface area contributed by atoms with Gasteiger partial charge in [0.25, 0.3) is 0 Å². The minimum absolute atomic E-state index is 0.0532. The van der Waals surface area contributed by atoms with Crippen LogP contribution in [0.1, 0.15) is 19.4 Å². The maximum Gasteiger partial charge on any atom is 0.234 e. The van der Waals surface area contributed by atoms with Crippen LogP contribution < -0.4 is 11.1 Å². The Bertz CT molecular complexity index is 382. The highest BCUT2D eigenvalue weighted by molar-refractivity contribution is 7.99. The number of nitrogens with two attached hydrogens (primary N) is 1. The first-order valence-corrected chi connectivity index (χ1v) is 7.47. The van der Waals surface area contributed by atoms with Crippen molar-refractivity contribution in [3.8, 4) is 0 Å². The van der Waals surface area contributed by atoms with Crippen molar-refractivity contribution in [2.24, 2.45) is 11.7 Å². The van der Waals surface area contributed by atoms with Crippen molar-refractivity contribution in [1.29, 1.82) is 0 Å². The van der Waals surface area contributed by atoms with Crippen molar-refractivity contribution >= 4 is 23.4 Å². The molecule has 1 aromatic carbocycles. The summed E-state index contributed by atoms with van der Waals surface area (Å²) in [6.07, 6.45) is 0.979. The fraction of sp³-hybridized carbons (Fsp3) is 0.500. The lowest BCUT2D eigenvalue weighted by Gasteiger charge is -2.09. The Morgan fingerprint density at radius 1 is 1.50 bits per heavy atom. The van der Waals surface area contributed by atoms with Gasteiger partial charge < -0.3 is 11.1 Å². The van der Waals surface area contributed by atoms with E-state index >= 15 is 0 Å². The van der Waals surface area contributed by atoms with Gasteiger partial charge in [0, 0.05) is 5.69 Å². The van der Waals surface area contributed by atoms with Crippen LogP contribution in [-0.4, -0.2) is 24.0 Å². The molecule has 3 N–H and O–H groups in total. The summed E-state index contributed by atoms with van der Waals surface area (Å²) in [4.78, 5) is 11.7. The molecule has 0 bridgehead atoms. The van der Waals surface area contributed by atoms with Gasteiger partial charge in [-0.05, 0) is 42.3 Å². The second kappa shape index (κ2) is 8.16. The van der Waals surface area contributed by atoms with Gasteiger partial charge in [-0.25, -0.2) is 0 Å². The molecule has 0 aliphatic heterocycles. The van der Waals surface area contributed by atoms with E-state index in [0.29, 0.717) is 18.2 Å². The average Bonchev–Trinajstić information content (AvgIpc) is 2.38. The molecular formula is C14H22N2OS. The molecule has 3 nitrogen and oxygen atoms in total. The van der Waals surface area contributed by atoms with Gasteiger partial charge in [-0.15, -0.1) is 0 Å². The van der Waals surface area contributed by atoms with E-state index in [0.717, 1.165) is 17.9 Å². The van der Waals surface area contributed by atoms with Gasteiger partial charge in [0.2, 0.25) is 5.91 Å². The van der Waals surface area contributed by atoms with E-state index in [1.54, 1.807) is 11.8 Å². The quantitative estimate of drug-likeness (QED) is 0.797. The first kappa shape index (κ1) is 15.1. The number of carbonyl (C=O) groups excluding carboxylic acids is 1. The van der Waals surface area contributed by atoms with E-state index in [-0.39, 0.29) is 5.91 Å². The summed E-state index contributed by atoms with van der Waals surface area (Å²) in [6.45, 7) is 4.87. The van der Waals surface area contributed by atoms with E-state index in [9.17, 15) is 4.79 Å². The molecule has 4 heteroatoms. The fourth-order valence-corrected chi connectivity index (χ4v) is 2.40. The van der Waals surface area contributed by atoms with Crippen LogP contribution >= 0.6 is 11.8 Å². The Hall–Kier alpha value is -1.00. The molecular weight excluding hydrogens is 244 g/mol. The van der Waals surface area contributed by atoms with E-state index in [1.165, 1.54) is 5.56 Å². The molecule has 1 rings (SSSR count). The largest absolute Gasteiger partial charge is 0.330 e. The predicted octanol–water partition coefficient (Wildman–Crippen LogP) is 2.52. The van der Waals surface area contributed by atoms with Crippen molar-refractivity contribution in [3.05, 3.63) is 29.8 Å². The maximum atomic E-state index is 11.7. The van der Waals surface area contributed by atoms with Crippen molar-refractivity contribution < 1.29 is 4.79 Å². The number of hydrogen-bond acceptors (Lipinski definition) is 3. The number of benzene rings is 1. The number of thioether (sulfide) groups is 1. The Balaban J connectivity index is 2.35. The molecule has 1 amide bonds. The van der Waals surface area contributed by atoms with Gasteiger partial charge in [-0.3, -0.25) is 4.79 Å². The number of aryl methyl sites for hydroxylation is 1. The molecule has 0 aliphatic rings. The monoisotopic (exact) mass is 266 g/mol. The van der Waals surface area contributed by atoms with Gasteiger partial charge in [0.15, 0.2) is 0 Å².